The van der Waals surface area contributed by atoms with Gasteiger partial charge in [-0.1, -0.05) is 30.3 Å². The van der Waals surface area contributed by atoms with Gasteiger partial charge in [0, 0.05) is 11.4 Å². The van der Waals surface area contributed by atoms with Gasteiger partial charge in [0.05, 0.1) is 19.5 Å². The molecule has 2 rings (SSSR count). The van der Waals surface area contributed by atoms with E-state index < -0.39 is 0 Å². The van der Waals surface area contributed by atoms with Crippen molar-refractivity contribution in [1.29, 1.82) is 0 Å². The Bertz CT molecular complexity index is 577. The second-order valence-electron chi connectivity index (χ2n) is 4.72. The van der Waals surface area contributed by atoms with E-state index in [0.29, 0.717) is 12.3 Å². The number of benzene rings is 2. The molecule has 0 saturated heterocycles. The largest absolute Gasteiger partial charge is 0.497 e. The Labute approximate surface area is 134 Å². The molecular weight excluding hydrogens is 298 g/mol. The van der Waals surface area contributed by atoms with Gasteiger partial charge in [-0.15, -0.1) is 11.8 Å². The number of thioether (sulfide) groups is 1. The maximum absolute atomic E-state index is 11.9. The Morgan fingerprint density at radius 3 is 2.73 bits per heavy atom. The summed E-state index contributed by atoms with van der Waals surface area (Å²) in [5.74, 6) is 1.11. The molecular formula is C17H19NO3S. The summed E-state index contributed by atoms with van der Waals surface area (Å²) in [6.07, 6.45) is 0. The van der Waals surface area contributed by atoms with E-state index in [-0.39, 0.29) is 12.5 Å². The number of nitrogens with one attached hydrogen (secondary N) is 1. The molecule has 4 nitrogen and oxygen atoms in total. The minimum atomic E-state index is -0.0257. The molecule has 0 unspecified atom stereocenters. The van der Waals surface area contributed by atoms with Gasteiger partial charge in [0.2, 0.25) is 5.91 Å². The predicted molar refractivity (Wildman–Crippen MR) is 87.9 cm³/mol. The third-order valence-corrected chi connectivity index (χ3v) is 4.07. The van der Waals surface area contributed by atoms with Gasteiger partial charge in [-0.05, 0) is 29.3 Å². The van der Waals surface area contributed by atoms with Crippen LogP contribution in [0, 0.1) is 0 Å². The molecule has 1 amide bonds. The zero-order valence-electron chi connectivity index (χ0n) is 12.4. The number of ether oxygens (including phenoxy) is 1. The monoisotopic (exact) mass is 317 g/mol. The van der Waals surface area contributed by atoms with E-state index >= 15 is 0 Å². The highest BCUT2D eigenvalue weighted by molar-refractivity contribution is 8.00. The van der Waals surface area contributed by atoms with E-state index in [2.05, 4.69) is 5.32 Å². The van der Waals surface area contributed by atoms with Crippen molar-refractivity contribution >= 4 is 17.7 Å². The van der Waals surface area contributed by atoms with Crippen LogP contribution in [-0.4, -0.2) is 23.9 Å². The summed E-state index contributed by atoms with van der Waals surface area (Å²) < 4.78 is 5.15. The molecule has 0 aliphatic heterocycles. The molecule has 5 heteroatoms. The maximum Gasteiger partial charge on any atom is 0.230 e. The minimum absolute atomic E-state index is 0.00742. The quantitative estimate of drug-likeness (QED) is 0.771. The summed E-state index contributed by atoms with van der Waals surface area (Å²) in [7, 11) is 1.62. The molecule has 2 aromatic rings. The van der Waals surface area contributed by atoms with E-state index in [0.717, 1.165) is 21.8 Å². The standard InChI is InChI=1S/C17H19NO3S/c1-21-15-6-3-7-16(9-15)22-12-17(20)18-10-13-4-2-5-14(8-13)11-19/h2-9,19H,10-12H2,1H3,(H,18,20). The van der Waals surface area contributed by atoms with Gasteiger partial charge < -0.3 is 15.2 Å². The Morgan fingerprint density at radius 2 is 1.95 bits per heavy atom. The van der Waals surface area contributed by atoms with Gasteiger partial charge in [-0.3, -0.25) is 4.79 Å². The van der Waals surface area contributed by atoms with Crippen molar-refractivity contribution in [1.82, 2.24) is 5.32 Å². The lowest BCUT2D eigenvalue weighted by Gasteiger charge is -2.07. The zero-order valence-corrected chi connectivity index (χ0v) is 13.2. The summed E-state index contributed by atoms with van der Waals surface area (Å²) in [4.78, 5) is 12.9. The van der Waals surface area contributed by atoms with E-state index in [1.54, 1.807) is 7.11 Å². The number of aliphatic hydroxyl groups excluding tert-OH is 1. The fourth-order valence-electron chi connectivity index (χ4n) is 1.93. The summed E-state index contributed by atoms with van der Waals surface area (Å²) in [6, 6.07) is 15.2. The molecule has 0 aromatic heterocycles. The Kier molecular flexibility index (Phi) is 6.30. The number of methoxy groups -OCH3 is 1. The van der Waals surface area contributed by atoms with Crippen LogP contribution in [0.25, 0.3) is 0 Å². The van der Waals surface area contributed by atoms with Crippen molar-refractivity contribution in [2.24, 2.45) is 0 Å². The molecule has 116 valence electrons. The van der Waals surface area contributed by atoms with Crippen LogP contribution in [-0.2, 0) is 17.9 Å². The van der Waals surface area contributed by atoms with Crippen LogP contribution in [0.1, 0.15) is 11.1 Å². The van der Waals surface area contributed by atoms with E-state index in [9.17, 15) is 4.79 Å². The maximum atomic E-state index is 11.9. The number of aliphatic hydroxyl groups is 1. The average molecular weight is 317 g/mol. The highest BCUT2D eigenvalue weighted by Crippen LogP contribution is 2.22. The van der Waals surface area contributed by atoms with Gasteiger partial charge in [0.25, 0.3) is 0 Å². The van der Waals surface area contributed by atoms with Crippen molar-refractivity contribution in [2.45, 2.75) is 18.0 Å². The lowest BCUT2D eigenvalue weighted by atomic mass is 10.1. The van der Waals surface area contributed by atoms with Crippen molar-refractivity contribution in [2.75, 3.05) is 12.9 Å². The van der Waals surface area contributed by atoms with Gasteiger partial charge in [0.1, 0.15) is 5.75 Å². The molecule has 0 atom stereocenters. The number of amides is 1. The van der Waals surface area contributed by atoms with Crippen molar-refractivity contribution < 1.29 is 14.6 Å². The van der Waals surface area contributed by atoms with Gasteiger partial charge in [-0.2, -0.15) is 0 Å². The second-order valence-corrected chi connectivity index (χ2v) is 5.77. The van der Waals surface area contributed by atoms with Crippen LogP contribution in [0.5, 0.6) is 5.75 Å². The molecule has 0 fully saturated rings. The lowest BCUT2D eigenvalue weighted by molar-refractivity contribution is -0.118. The van der Waals surface area contributed by atoms with Crippen LogP contribution in [0.3, 0.4) is 0 Å². The van der Waals surface area contributed by atoms with Gasteiger partial charge >= 0.3 is 0 Å². The van der Waals surface area contributed by atoms with E-state index in [1.165, 1.54) is 11.8 Å². The Morgan fingerprint density at radius 1 is 1.18 bits per heavy atom. The first-order valence-corrected chi connectivity index (χ1v) is 7.92. The molecule has 0 aliphatic carbocycles. The van der Waals surface area contributed by atoms with Crippen molar-refractivity contribution in [3.63, 3.8) is 0 Å². The zero-order chi connectivity index (χ0) is 15.8. The molecule has 2 aromatic carbocycles. The van der Waals surface area contributed by atoms with Crippen molar-refractivity contribution in [3.8, 4) is 5.75 Å². The van der Waals surface area contributed by atoms with Crippen LogP contribution in [0.15, 0.2) is 53.4 Å². The number of hydrogen-bond acceptors (Lipinski definition) is 4. The molecule has 2 N–H and O–H groups in total. The number of carbonyl (C=O) groups excluding carboxylic acids is 1. The summed E-state index contributed by atoms with van der Waals surface area (Å²) in [6.45, 7) is 0.471. The van der Waals surface area contributed by atoms with Crippen LogP contribution in [0.2, 0.25) is 0 Å². The third kappa shape index (κ3) is 5.09. The molecule has 0 bridgehead atoms. The first-order chi connectivity index (χ1) is 10.7. The summed E-state index contributed by atoms with van der Waals surface area (Å²) in [5, 5.41) is 12.0. The number of carbonyl (C=O) groups is 1. The first kappa shape index (κ1) is 16.4. The molecule has 0 heterocycles. The normalized spacial score (nSPS) is 10.3. The molecule has 0 aliphatic rings. The van der Waals surface area contributed by atoms with Gasteiger partial charge in [-0.25, -0.2) is 0 Å². The van der Waals surface area contributed by atoms with E-state index in [1.807, 2.05) is 48.5 Å². The average Bonchev–Trinajstić information content (AvgIpc) is 2.58. The Balaban J connectivity index is 1.80. The summed E-state index contributed by atoms with van der Waals surface area (Å²) in [5.41, 5.74) is 1.82. The summed E-state index contributed by atoms with van der Waals surface area (Å²) >= 11 is 1.47. The predicted octanol–water partition coefficient (Wildman–Crippen LogP) is 2.60. The first-order valence-electron chi connectivity index (χ1n) is 6.93. The minimum Gasteiger partial charge on any atom is -0.497 e. The molecule has 0 radical (unpaired) electrons. The SMILES string of the molecule is COc1cccc(SCC(=O)NCc2cccc(CO)c2)c1. The smallest absolute Gasteiger partial charge is 0.230 e. The number of rotatable bonds is 7. The molecule has 0 spiro atoms. The topological polar surface area (TPSA) is 58.6 Å². The third-order valence-electron chi connectivity index (χ3n) is 3.07. The van der Waals surface area contributed by atoms with Crippen LogP contribution < -0.4 is 10.1 Å². The van der Waals surface area contributed by atoms with Gasteiger partial charge in [0.15, 0.2) is 0 Å². The number of hydrogen-bond donors (Lipinski definition) is 2. The fourth-order valence-corrected chi connectivity index (χ4v) is 2.70. The second kappa shape index (κ2) is 8.46. The highest BCUT2D eigenvalue weighted by Gasteiger charge is 2.04. The van der Waals surface area contributed by atoms with E-state index in [4.69, 9.17) is 9.84 Å². The highest BCUT2D eigenvalue weighted by atomic mass is 32.2. The van der Waals surface area contributed by atoms with Crippen molar-refractivity contribution in [3.05, 3.63) is 59.7 Å². The molecule has 22 heavy (non-hydrogen) atoms. The van der Waals surface area contributed by atoms with Crippen LogP contribution >= 0.6 is 11.8 Å². The fraction of sp³-hybridized carbons (Fsp3) is 0.235. The molecule has 0 saturated carbocycles. The lowest BCUT2D eigenvalue weighted by Crippen LogP contribution is -2.24. The van der Waals surface area contributed by atoms with Crippen LogP contribution in [0.4, 0.5) is 0 Å². The Hall–Kier alpha value is -1.98.